The van der Waals surface area contributed by atoms with Crippen molar-refractivity contribution < 1.29 is 0 Å². The maximum atomic E-state index is 5.71. The summed E-state index contributed by atoms with van der Waals surface area (Å²) >= 11 is 1.98. The van der Waals surface area contributed by atoms with Crippen LogP contribution in [0.4, 0.5) is 5.69 Å². The van der Waals surface area contributed by atoms with Gasteiger partial charge in [0.1, 0.15) is 0 Å². The predicted molar refractivity (Wildman–Crippen MR) is 72.5 cm³/mol. The lowest BCUT2D eigenvalue weighted by Crippen LogP contribution is -2.41. The molecule has 1 aromatic rings. The van der Waals surface area contributed by atoms with Gasteiger partial charge in [0.2, 0.25) is 0 Å². The van der Waals surface area contributed by atoms with Gasteiger partial charge in [-0.15, -0.1) is 11.8 Å². The first-order valence-corrected chi connectivity index (χ1v) is 6.82. The number of aryl methyl sites for hydroxylation is 2. The quantitative estimate of drug-likeness (QED) is 0.855. The highest BCUT2D eigenvalue weighted by Gasteiger charge is 2.24. The Kier molecular flexibility index (Phi) is 3.45. The minimum Gasteiger partial charge on any atom is -0.366 e. The molecule has 0 bridgehead atoms. The van der Waals surface area contributed by atoms with E-state index in [4.69, 9.17) is 5.73 Å². The third-order valence-corrected chi connectivity index (χ3v) is 4.55. The fourth-order valence-electron chi connectivity index (χ4n) is 2.34. The van der Waals surface area contributed by atoms with Crippen LogP contribution >= 0.6 is 11.8 Å². The van der Waals surface area contributed by atoms with Gasteiger partial charge in [0.05, 0.1) is 5.69 Å². The lowest BCUT2D eigenvalue weighted by Gasteiger charge is -2.37. The van der Waals surface area contributed by atoms with Gasteiger partial charge in [-0.2, -0.15) is 0 Å². The SMILES string of the molecule is Cc1cc(C)c2c(c1)N(CCN)C(C)CS2. The molecular weight excluding hydrogens is 216 g/mol. The first-order valence-electron chi connectivity index (χ1n) is 5.84. The van der Waals surface area contributed by atoms with E-state index in [1.165, 1.54) is 21.7 Å². The molecule has 0 fully saturated rings. The summed E-state index contributed by atoms with van der Waals surface area (Å²) < 4.78 is 0. The summed E-state index contributed by atoms with van der Waals surface area (Å²) in [5.74, 6) is 1.16. The van der Waals surface area contributed by atoms with E-state index in [9.17, 15) is 0 Å². The van der Waals surface area contributed by atoms with Gasteiger partial charge in [-0.25, -0.2) is 0 Å². The van der Waals surface area contributed by atoms with Gasteiger partial charge >= 0.3 is 0 Å². The number of thioether (sulfide) groups is 1. The lowest BCUT2D eigenvalue weighted by atomic mass is 10.1. The predicted octanol–water partition coefficient (Wildman–Crippen LogP) is 2.56. The number of rotatable bonds is 2. The van der Waals surface area contributed by atoms with Crippen molar-refractivity contribution in [3.05, 3.63) is 23.3 Å². The fourth-order valence-corrected chi connectivity index (χ4v) is 3.54. The highest BCUT2D eigenvalue weighted by Crippen LogP contribution is 2.40. The summed E-state index contributed by atoms with van der Waals surface area (Å²) in [5.41, 5.74) is 9.83. The molecule has 0 aliphatic carbocycles. The maximum Gasteiger partial charge on any atom is 0.0512 e. The van der Waals surface area contributed by atoms with Crippen molar-refractivity contribution in [2.45, 2.75) is 31.7 Å². The fraction of sp³-hybridized carbons (Fsp3) is 0.538. The van der Waals surface area contributed by atoms with E-state index in [2.05, 4.69) is 37.8 Å². The molecule has 0 spiro atoms. The van der Waals surface area contributed by atoms with Gasteiger partial charge in [0, 0.05) is 29.8 Å². The second-order valence-corrected chi connectivity index (χ2v) is 5.60. The van der Waals surface area contributed by atoms with E-state index in [-0.39, 0.29) is 0 Å². The molecule has 0 saturated heterocycles. The van der Waals surface area contributed by atoms with Crippen LogP contribution in [0.25, 0.3) is 0 Å². The number of fused-ring (bicyclic) bond motifs is 1. The van der Waals surface area contributed by atoms with E-state index >= 15 is 0 Å². The van der Waals surface area contributed by atoms with Crippen molar-refractivity contribution in [2.24, 2.45) is 5.73 Å². The first-order chi connectivity index (χ1) is 7.63. The molecule has 1 aliphatic rings. The van der Waals surface area contributed by atoms with Crippen molar-refractivity contribution in [1.82, 2.24) is 0 Å². The molecule has 16 heavy (non-hydrogen) atoms. The highest BCUT2D eigenvalue weighted by molar-refractivity contribution is 7.99. The van der Waals surface area contributed by atoms with Crippen LogP contribution in [0, 0.1) is 13.8 Å². The number of hydrogen-bond acceptors (Lipinski definition) is 3. The van der Waals surface area contributed by atoms with Crippen molar-refractivity contribution >= 4 is 17.4 Å². The number of nitrogens with zero attached hydrogens (tertiary/aromatic N) is 1. The monoisotopic (exact) mass is 236 g/mol. The third-order valence-electron chi connectivity index (χ3n) is 3.08. The normalized spacial score (nSPS) is 19.8. The average molecular weight is 236 g/mol. The topological polar surface area (TPSA) is 29.3 Å². The van der Waals surface area contributed by atoms with Crippen LogP contribution in [0.2, 0.25) is 0 Å². The number of anilines is 1. The smallest absolute Gasteiger partial charge is 0.0512 e. The second kappa shape index (κ2) is 4.68. The Balaban J connectivity index is 2.45. The van der Waals surface area contributed by atoms with Crippen molar-refractivity contribution in [1.29, 1.82) is 0 Å². The zero-order valence-corrected chi connectivity index (χ0v) is 11.1. The summed E-state index contributed by atoms with van der Waals surface area (Å²) in [7, 11) is 0. The van der Waals surface area contributed by atoms with Crippen LogP contribution in [0.3, 0.4) is 0 Å². The Bertz CT molecular complexity index is 390. The van der Waals surface area contributed by atoms with Crippen LogP contribution in [-0.2, 0) is 0 Å². The zero-order valence-electron chi connectivity index (χ0n) is 10.3. The molecule has 1 aromatic carbocycles. The van der Waals surface area contributed by atoms with Gasteiger partial charge in [-0.05, 0) is 38.0 Å². The second-order valence-electron chi connectivity index (χ2n) is 4.57. The summed E-state index contributed by atoms with van der Waals surface area (Å²) in [6.45, 7) is 8.33. The molecule has 2 nitrogen and oxygen atoms in total. The molecule has 0 amide bonds. The van der Waals surface area contributed by atoms with Crippen LogP contribution < -0.4 is 10.6 Å². The Hall–Kier alpha value is -0.670. The molecule has 0 radical (unpaired) electrons. The third kappa shape index (κ3) is 2.06. The summed E-state index contributed by atoms with van der Waals surface area (Å²) in [4.78, 5) is 3.89. The largest absolute Gasteiger partial charge is 0.366 e. The minimum atomic E-state index is 0.585. The Morgan fingerprint density at radius 1 is 1.44 bits per heavy atom. The van der Waals surface area contributed by atoms with Gasteiger partial charge in [-0.1, -0.05) is 6.07 Å². The van der Waals surface area contributed by atoms with Gasteiger partial charge < -0.3 is 10.6 Å². The van der Waals surface area contributed by atoms with E-state index in [1.54, 1.807) is 0 Å². The zero-order chi connectivity index (χ0) is 11.7. The number of hydrogen-bond donors (Lipinski definition) is 1. The lowest BCUT2D eigenvalue weighted by molar-refractivity contribution is 0.677. The summed E-state index contributed by atoms with van der Waals surface area (Å²) in [6.07, 6.45) is 0. The Morgan fingerprint density at radius 2 is 2.19 bits per heavy atom. The number of benzene rings is 1. The highest BCUT2D eigenvalue weighted by atomic mass is 32.2. The Labute approximate surface area is 102 Å². The van der Waals surface area contributed by atoms with E-state index in [0.717, 1.165) is 18.8 Å². The van der Waals surface area contributed by atoms with E-state index < -0.39 is 0 Å². The van der Waals surface area contributed by atoms with Crippen LogP contribution in [0.5, 0.6) is 0 Å². The van der Waals surface area contributed by atoms with Crippen molar-refractivity contribution in [2.75, 3.05) is 23.7 Å². The molecule has 0 saturated carbocycles. The summed E-state index contributed by atoms with van der Waals surface area (Å²) in [6, 6.07) is 5.14. The first kappa shape index (κ1) is 11.8. The van der Waals surface area contributed by atoms with Crippen LogP contribution in [0.1, 0.15) is 18.1 Å². The molecule has 88 valence electrons. The maximum absolute atomic E-state index is 5.71. The summed E-state index contributed by atoms with van der Waals surface area (Å²) in [5, 5.41) is 0. The van der Waals surface area contributed by atoms with Gasteiger partial charge in [0.15, 0.2) is 0 Å². The molecule has 1 unspecified atom stereocenters. The van der Waals surface area contributed by atoms with Crippen molar-refractivity contribution in [3.8, 4) is 0 Å². The standard InChI is InChI=1S/C13H20N2S/c1-9-6-10(2)13-12(7-9)15(5-4-14)11(3)8-16-13/h6-7,11H,4-5,8,14H2,1-3H3. The molecule has 0 aromatic heterocycles. The van der Waals surface area contributed by atoms with E-state index in [1.807, 2.05) is 11.8 Å². The molecule has 2 N–H and O–H groups in total. The molecule has 1 atom stereocenters. The van der Waals surface area contributed by atoms with Crippen LogP contribution in [0.15, 0.2) is 17.0 Å². The van der Waals surface area contributed by atoms with Crippen molar-refractivity contribution in [3.63, 3.8) is 0 Å². The van der Waals surface area contributed by atoms with Gasteiger partial charge in [0.25, 0.3) is 0 Å². The molecule has 1 aliphatic heterocycles. The average Bonchev–Trinajstić information content (AvgIpc) is 2.22. The van der Waals surface area contributed by atoms with Gasteiger partial charge in [-0.3, -0.25) is 0 Å². The number of nitrogens with two attached hydrogens (primary N) is 1. The van der Waals surface area contributed by atoms with Crippen LogP contribution in [-0.4, -0.2) is 24.9 Å². The minimum absolute atomic E-state index is 0.585. The molecule has 1 heterocycles. The molecular formula is C13H20N2S. The Morgan fingerprint density at radius 3 is 2.88 bits per heavy atom. The molecule has 2 rings (SSSR count). The molecule has 3 heteroatoms. The van der Waals surface area contributed by atoms with E-state index in [0.29, 0.717) is 6.04 Å².